The van der Waals surface area contributed by atoms with Gasteiger partial charge >= 0.3 is 0 Å². The lowest BCUT2D eigenvalue weighted by molar-refractivity contribution is -0.678. The number of hydrogen-bond donors (Lipinski definition) is 3. The highest BCUT2D eigenvalue weighted by Crippen LogP contribution is 2.14. The Kier molecular flexibility index (Phi) is 4.16. The molecule has 1 aliphatic heterocycles. The van der Waals surface area contributed by atoms with Crippen LogP contribution in [0.25, 0.3) is 0 Å². The molecular formula is C14H20N3O2+. The molecule has 1 aliphatic rings. The number of carbonyl (C=O) groups excluding carboxylic acids is 2. The predicted octanol–water partition coefficient (Wildman–Crippen LogP) is -0.306. The molecule has 19 heavy (non-hydrogen) atoms. The quantitative estimate of drug-likeness (QED) is 0.699. The first-order valence-corrected chi connectivity index (χ1v) is 6.54. The van der Waals surface area contributed by atoms with Gasteiger partial charge < -0.3 is 16.0 Å². The number of nitrogens with two attached hydrogens (primary N) is 1. The van der Waals surface area contributed by atoms with Crippen LogP contribution >= 0.6 is 0 Å². The highest BCUT2D eigenvalue weighted by molar-refractivity contribution is 5.95. The second kappa shape index (κ2) is 5.84. The molecule has 4 N–H and O–H groups in total. The van der Waals surface area contributed by atoms with Crippen molar-refractivity contribution in [1.29, 1.82) is 0 Å². The maximum Gasteiger partial charge on any atom is 0.278 e. The molecule has 0 bridgehead atoms. The average Bonchev–Trinajstić information content (AvgIpc) is 2.37. The number of hydrogen-bond acceptors (Lipinski definition) is 2. The van der Waals surface area contributed by atoms with Gasteiger partial charge in [0, 0.05) is 5.69 Å². The summed E-state index contributed by atoms with van der Waals surface area (Å²) in [5, 5.41) is 7.52. The molecule has 1 atom stereocenters. The Morgan fingerprint density at radius 3 is 2.89 bits per heavy atom. The molecule has 1 heterocycles. The van der Waals surface area contributed by atoms with Crippen molar-refractivity contribution < 1.29 is 14.9 Å². The average molecular weight is 262 g/mol. The van der Waals surface area contributed by atoms with E-state index >= 15 is 0 Å². The Morgan fingerprint density at radius 1 is 1.42 bits per heavy atom. The summed E-state index contributed by atoms with van der Waals surface area (Å²) in [5.74, 6) is -0.178. The third-order valence-corrected chi connectivity index (χ3v) is 3.43. The topological polar surface area (TPSA) is 74.8 Å². The van der Waals surface area contributed by atoms with Gasteiger partial charge in [0.1, 0.15) is 0 Å². The predicted molar refractivity (Wildman–Crippen MR) is 72.8 cm³/mol. The number of benzene rings is 1. The van der Waals surface area contributed by atoms with Crippen molar-refractivity contribution in [3.8, 4) is 0 Å². The van der Waals surface area contributed by atoms with E-state index in [-0.39, 0.29) is 24.3 Å². The first-order chi connectivity index (χ1) is 9.06. The first-order valence-electron chi connectivity index (χ1n) is 6.54. The molecular weight excluding hydrogens is 242 g/mol. The van der Waals surface area contributed by atoms with Gasteiger partial charge in [-0.05, 0) is 37.1 Å². The number of quaternary nitrogens is 1. The summed E-state index contributed by atoms with van der Waals surface area (Å²) in [6.07, 6.45) is 0.207. The van der Waals surface area contributed by atoms with E-state index in [0.29, 0.717) is 6.54 Å². The monoisotopic (exact) mass is 262 g/mol. The fraction of sp³-hybridized carbons (Fsp3) is 0.429. The minimum absolute atomic E-state index is 0.0542. The second-order valence-corrected chi connectivity index (χ2v) is 4.97. The molecule has 1 aromatic carbocycles. The fourth-order valence-electron chi connectivity index (χ4n) is 2.12. The van der Waals surface area contributed by atoms with E-state index < -0.39 is 0 Å². The van der Waals surface area contributed by atoms with Crippen molar-refractivity contribution >= 4 is 17.5 Å². The normalized spacial score (nSPS) is 18.8. The lowest BCUT2D eigenvalue weighted by Gasteiger charge is -2.19. The number of amides is 2. The number of nitrogens with one attached hydrogen (secondary N) is 2. The SMILES string of the molecule is Cc1ccc(NC(=O)CC2[NH2+]CCNC2=O)cc1C. The minimum atomic E-state index is -0.305. The van der Waals surface area contributed by atoms with Gasteiger partial charge in [-0.2, -0.15) is 0 Å². The van der Waals surface area contributed by atoms with Crippen LogP contribution in [-0.4, -0.2) is 30.9 Å². The van der Waals surface area contributed by atoms with Crippen LogP contribution in [0.15, 0.2) is 18.2 Å². The van der Waals surface area contributed by atoms with Crippen molar-refractivity contribution in [1.82, 2.24) is 5.32 Å². The van der Waals surface area contributed by atoms with E-state index in [1.165, 1.54) is 5.56 Å². The zero-order valence-corrected chi connectivity index (χ0v) is 11.3. The van der Waals surface area contributed by atoms with Crippen molar-refractivity contribution in [2.24, 2.45) is 0 Å². The van der Waals surface area contributed by atoms with E-state index in [0.717, 1.165) is 17.8 Å². The number of anilines is 1. The van der Waals surface area contributed by atoms with E-state index in [1.807, 2.05) is 37.4 Å². The van der Waals surface area contributed by atoms with Crippen LogP contribution in [-0.2, 0) is 9.59 Å². The van der Waals surface area contributed by atoms with Crippen LogP contribution in [0.5, 0.6) is 0 Å². The van der Waals surface area contributed by atoms with Gasteiger partial charge in [0.15, 0.2) is 6.04 Å². The van der Waals surface area contributed by atoms with Gasteiger partial charge in [0.25, 0.3) is 5.91 Å². The molecule has 0 radical (unpaired) electrons. The van der Waals surface area contributed by atoms with Crippen molar-refractivity contribution in [3.63, 3.8) is 0 Å². The zero-order valence-electron chi connectivity index (χ0n) is 11.3. The highest BCUT2D eigenvalue weighted by Gasteiger charge is 2.27. The van der Waals surface area contributed by atoms with E-state index in [4.69, 9.17) is 0 Å². The van der Waals surface area contributed by atoms with Crippen LogP contribution < -0.4 is 16.0 Å². The van der Waals surface area contributed by atoms with E-state index in [9.17, 15) is 9.59 Å². The van der Waals surface area contributed by atoms with Crippen LogP contribution in [0, 0.1) is 13.8 Å². The number of rotatable bonds is 3. The molecule has 5 nitrogen and oxygen atoms in total. The molecule has 1 unspecified atom stereocenters. The summed E-state index contributed by atoms with van der Waals surface area (Å²) < 4.78 is 0. The van der Waals surface area contributed by atoms with Crippen LogP contribution in [0.3, 0.4) is 0 Å². The van der Waals surface area contributed by atoms with E-state index in [1.54, 1.807) is 0 Å². The van der Waals surface area contributed by atoms with Crippen LogP contribution in [0.1, 0.15) is 17.5 Å². The third kappa shape index (κ3) is 3.54. The number of carbonyl (C=O) groups is 2. The lowest BCUT2D eigenvalue weighted by atomic mass is 10.1. The van der Waals surface area contributed by atoms with Gasteiger partial charge in [-0.1, -0.05) is 6.07 Å². The van der Waals surface area contributed by atoms with E-state index in [2.05, 4.69) is 10.6 Å². The standard InChI is InChI=1S/C14H19N3O2/c1-9-3-4-11(7-10(9)2)17-13(18)8-12-14(19)16-6-5-15-12/h3-4,7,12,15H,5-6,8H2,1-2H3,(H,16,19)(H,17,18)/p+1. The largest absolute Gasteiger partial charge is 0.345 e. The van der Waals surface area contributed by atoms with Crippen LogP contribution in [0.4, 0.5) is 5.69 Å². The highest BCUT2D eigenvalue weighted by atomic mass is 16.2. The fourth-order valence-corrected chi connectivity index (χ4v) is 2.12. The molecule has 2 amide bonds. The van der Waals surface area contributed by atoms with Crippen LogP contribution in [0.2, 0.25) is 0 Å². The molecule has 5 heteroatoms. The Morgan fingerprint density at radius 2 is 2.21 bits per heavy atom. The summed E-state index contributed by atoms with van der Waals surface area (Å²) in [4.78, 5) is 23.5. The number of piperazine rings is 1. The summed E-state index contributed by atoms with van der Waals surface area (Å²) >= 11 is 0. The number of aryl methyl sites for hydroxylation is 2. The lowest BCUT2D eigenvalue weighted by Crippen LogP contribution is -2.96. The smallest absolute Gasteiger partial charge is 0.278 e. The molecule has 102 valence electrons. The molecule has 0 saturated carbocycles. The second-order valence-electron chi connectivity index (χ2n) is 4.97. The molecule has 2 rings (SSSR count). The van der Waals surface area contributed by atoms with Crippen molar-refractivity contribution in [2.45, 2.75) is 26.3 Å². The summed E-state index contributed by atoms with van der Waals surface area (Å²) in [7, 11) is 0. The van der Waals surface area contributed by atoms with Gasteiger partial charge in [0.2, 0.25) is 5.91 Å². The maximum absolute atomic E-state index is 11.9. The third-order valence-electron chi connectivity index (χ3n) is 3.43. The summed E-state index contributed by atoms with van der Waals surface area (Å²) in [6.45, 7) is 5.54. The van der Waals surface area contributed by atoms with Gasteiger partial charge in [-0.25, -0.2) is 0 Å². The molecule has 1 aromatic rings. The van der Waals surface area contributed by atoms with Gasteiger partial charge in [0.05, 0.1) is 19.5 Å². The Labute approximate surface area is 112 Å². The molecule has 1 saturated heterocycles. The molecule has 0 aliphatic carbocycles. The maximum atomic E-state index is 11.9. The minimum Gasteiger partial charge on any atom is -0.345 e. The van der Waals surface area contributed by atoms with Crippen molar-refractivity contribution in [3.05, 3.63) is 29.3 Å². The summed E-state index contributed by atoms with van der Waals surface area (Å²) in [5.41, 5.74) is 3.11. The molecule has 1 fully saturated rings. The first kappa shape index (κ1) is 13.5. The van der Waals surface area contributed by atoms with Crippen molar-refractivity contribution in [2.75, 3.05) is 18.4 Å². The molecule has 0 aromatic heterocycles. The Bertz CT molecular complexity index is 499. The Hall–Kier alpha value is -1.88. The zero-order chi connectivity index (χ0) is 13.8. The van der Waals surface area contributed by atoms with Gasteiger partial charge in [-0.15, -0.1) is 0 Å². The summed E-state index contributed by atoms with van der Waals surface area (Å²) in [6, 6.07) is 5.49. The van der Waals surface area contributed by atoms with Gasteiger partial charge in [-0.3, -0.25) is 9.59 Å². The Balaban J connectivity index is 1.93. The molecule has 0 spiro atoms.